The Morgan fingerprint density at radius 2 is 2.23 bits per heavy atom. The Hall–Kier alpha value is -2.05. The highest BCUT2D eigenvalue weighted by Gasteiger charge is 2.20. The first-order valence-corrected chi connectivity index (χ1v) is 9.93. The van der Waals surface area contributed by atoms with Crippen LogP contribution >= 0.6 is 22.9 Å². The maximum absolute atomic E-state index is 12.4. The molecule has 0 unspecified atom stereocenters. The van der Waals surface area contributed by atoms with Crippen LogP contribution in [-0.2, 0) is 24.3 Å². The average Bonchev–Trinajstić information content (AvgIpc) is 3.12. The molecular formula is C19H23ClN4OS. The number of rotatable bonds is 5. The number of nitrogens with zero attached hydrogens (tertiary/aromatic N) is 2. The van der Waals surface area contributed by atoms with Crippen LogP contribution in [-0.4, -0.2) is 36.9 Å². The van der Waals surface area contributed by atoms with Crippen molar-refractivity contribution in [3.63, 3.8) is 0 Å². The molecule has 0 saturated carbocycles. The fraction of sp³-hybridized carbons (Fsp3) is 0.368. The first-order valence-electron chi connectivity index (χ1n) is 8.67. The van der Waals surface area contributed by atoms with Crippen molar-refractivity contribution in [3.8, 4) is 0 Å². The van der Waals surface area contributed by atoms with Gasteiger partial charge in [0.25, 0.3) is 0 Å². The molecule has 1 aromatic carbocycles. The zero-order chi connectivity index (χ0) is 18.4. The maximum Gasteiger partial charge on any atom is 0.224 e. The van der Waals surface area contributed by atoms with Gasteiger partial charge in [-0.15, -0.1) is 11.3 Å². The number of hydrogen-bond donors (Lipinski definition) is 2. The Bertz CT molecular complexity index is 789. The molecule has 0 saturated heterocycles. The molecule has 1 aliphatic rings. The molecule has 0 fully saturated rings. The molecule has 3 rings (SSSR count). The number of nitrogens with one attached hydrogen (secondary N) is 2. The largest absolute Gasteiger partial charge is 0.356 e. The number of benzene rings is 1. The van der Waals surface area contributed by atoms with Crippen molar-refractivity contribution in [1.82, 2.24) is 15.5 Å². The van der Waals surface area contributed by atoms with Crippen LogP contribution in [0.5, 0.6) is 0 Å². The minimum atomic E-state index is 0.180. The second-order valence-electron chi connectivity index (χ2n) is 6.17. The number of fused-ring (bicyclic) bond motifs is 1. The Balaban J connectivity index is 1.41. The van der Waals surface area contributed by atoms with Crippen molar-refractivity contribution in [2.75, 3.05) is 20.1 Å². The third kappa shape index (κ3) is 4.99. The summed E-state index contributed by atoms with van der Waals surface area (Å²) in [5, 5.41) is 9.25. The van der Waals surface area contributed by atoms with Gasteiger partial charge < -0.3 is 15.5 Å². The van der Waals surface area contributed by atoms with Gasteiger partial charge >= 0.3 is 0 Å². The van der Waals surface area contributed by atoms with Crippen LogP contribution in [0.1, 0.15) is 22.4 Å². The molecule has 0 radical (unpaired) electrons. The van der Waals surface area contributed by atoms with Crippen LogP contribution in [0, 0.1) is 0 Å². The molecular weight excluding hydrogens is 368 g/mol. The van der Waals surface area contributed by atoms with Gasteiger partial charge in [0.2, 0.25) is 5.91 Å². The molecule has 0 aliphatic carbocycles. The minimum Gasteiger partial charge on any atom is -0.356 e. The van der Waals surface area contributed by atoms with E-state index in [4.69, 9.17) is 11.6 Å². The van der Waals surface area contributed by atoms with E-state index < -0.39 is 0 Å². The molecule has 0 atom stereocenters. The number of hydrogen-bond acceptors (Lipinski definition) is 3. The Morgan fingerprint density at radius 1 is 1.35 bits per heavy atom. The summed E-state index contributed by atoms with van der Waals surface area (Å²) < 4.78 is 0. The summed E-state index contributed by atoms with van der Waals surface area (Å²) in [6, 6.07) is 9.82. The lowest BCUT2D eigenvalue weighted by Crippen LogP contribution is -2.40. The van der Waals surface area contributed by atoms with Crippen molar-refractivity contribution in [2.45, 2.75) is 25.9 Å². The third-order valence-corrected chi connectivity index (χ3v) is 5.62. The summed E-state index contributed by atoms with van der Waals surface area (Å²) in [5.74, 6) is 0.858. The smallest absolute Gasteiger partial charge is 0.224 e. The van der Waals surface area contributed by atoms with Gasteiger partial charge in [-0.3, -0.25) is 9.79 Å². The minimum absolute atomic E-state index is 0.180. The third-order valence-electron chi connectivity index (χ3n) is 4.36. The molecule has 26 heavy (non-hydrogen) atoms. The van der Waals surface area contributed by atoms with Crippen molar-refractivity contribution in [2.24, 2.45) is 4.99 Å². The first kappa shape index (κ1) is 18.7. The second-order valence-corrected chi connectivity index (χ2v) is 7.60. The number of halogens is 1. The van der Waals surface area contributed by atoms with Crippen LogP contribution in [0.3, 0.4) is 0 Å². The first-order chi connectivity index (χ1) is 12.7. The highest BCUT2D eigenvalue weighted by atomic mass is 35.5. The van der Waals surface area contributed by atoms with Crippen molar-refractivity contribution < 1.29 is 4.79 Å². The number of guanidine groups is 1. The van der Waals surface area contributed by atoms with Gasteiger partial charge in [-0.25, -0.2) is 0 Å². The van der Waals surface area contributed by atoms with E-state index in [0.717, 1.165) is 25.1 Å². The van der Waals surface area contributed by atoms with Crippen molar-refractivity contribution in [3.05, 3.63) is 56.7 Å². The Kier molecular flexibility index (Phi) is 6.52. The fourth-order valence-corrected chi connectivity index (χ4v) is 4.06. The van der Waals surface area contributed by atoms with Crippen LogP contribution < -0.4 is 10.6 Å². The molecule has 7 heteroatoms. The molecule has 0 spiro atoms. The summed E-state index contributed by atoms with van der Waals surface area (Å²) in [4.78, 5) is 20.0. The number of thiophene rings is 1. The topological polar surface area (TPSA) is 56.7 Å². The van der Waals surface area contributed by atoms with Gasteiger partial charge in [0, 0.05) is 49.5 Å². The summed E-state index contributed by atoms with van der Waals surface area (Å²) >= 11 is 7.78. The number of carbonyl (C=O) groups is 1. The predicted octanol–water partition coefficient (Wildman–Crippen LogP) is 3.04. The van der Waals surface area contributed by atoms with E-state index in [9.17, 15) is 4.79 Å². The molecule has 0 bridgehead atoms. The fourth-order valence-electron chi connectivity index (χ4n) is 2.96. The average molecular weight is 391 g/mol. The molecule has 2 heterocycles. The summed E-state index contributed by atoms with van der Waals surface area (Å²) in [6.45, 7) is 2.73. The van der Waals surface area contributed by atoms with E-state index in [1.807, 2.05) is 29.2 Å². The summed E-state index contributed by atoms with van der Waals surface area (Å²) in [6.07, 6.45) is 1.42. The Labute approximate surface area is 163 Å². The van der Waals surface area contributed by atoms with Gasteiger partial charge in [-0.2, -0.15) is 0 Å². The quantitative estimate of drug-likeness (QED) is 0.609. The van der Waals surface area contributed by atoms with Crippen LogP contribution in [0.25, 0.3) is 0 Å². The van der Waals surface area contributed by atoms with E-state index in [1.54, 1.807) is 18.4 Å². The molecule has 1 aliphatic heterocycles. The molecule has 2 N–H and O–H groups in total. The van der Waals surface area contributed by atoms with Gasteiger partial charge in [0.15, 0.2) is 5.96 Å². The van der Waals surface area contributed by atoms with Gasteiger partial charge in [0.05, 0.1) is 0 Å². The van der Waals surface area contributed by atoms with E-state index in [0.29, 0.717) is 30.5 Å². The number of amides is 1. The number of carbonyl (C=O) groups excluding carboxylic acids is 1. The standard InChI is InChI=1S/C19H23ClN4OS/c1-21-19(23-12-14-3-2-4-16(20)11-14)22-8-5-18(25)24-9-6-17-15(13-24)7-10-26-17/h2-4,7,10-11H,5-6,8-9,12-13H2,1H3,(H2,21,22,23). The summed E-state index contributed by atoms with van der Waals surface area (Å²) in [5.41, 5.74) is 2.37. The van der Waals surface area contributed by atoms with Crippen LogP contribution in [0.15, 0.2) is 40.7 Å². The number of aliphatic imine (C=N–C) groups is 1. The molecule has 2 aromatic rings. The van der Waals surface area contributed by atoms with Gasteiger partial charge in [-0.1, -0.05) is 23.7 Å². The second kappa shape index (κ2) is 9.05. The van der Waals surface area contributed by atoms with E-state index in [2.05, 4.69) is 27.1 Å². The van der Waals surface area contributed by atoms with Crippen molar-refractivity contribution >= 4 is 34.8 Å². The highest BCUT2D eigenvalue weighted by molar-refractivity contribution is 7.10. The molecule has 5 nitrogen and oxygen atoms in total. The van der Waals surface area contributed by atoms with Gasteiger partial charge in [-0.05, 0) is 41.1 Å². The maximum atomic E-state index is 12.4. The van der Waals surface area contributed by atoms with Crippen LogP contribution in [0.2, 0.25) is 5.02 Å². The SMILES string of the molecule is CN=C(NCCC(=O)N1CCc2sccc2C1)NCc1cccc(Cl)c1. The van der Waals surface area contributed by atoms with Crippen LogP contribution in [0.4, 0.5) is 0 Å². The monoisotopic (exact) mass is 390 g/mol. The zero-order valence-corrected chi connectivity index (χ0v) is 16.4. The van der Waals surface area contributed by atoms with E-state index in [-0.39, 0.29) is 5.91 Å². The summed E-state index contributed by atoms with van der Waals surface area (Å²) in [7, 11) is 1.72. The van der Waals surface area contributed by atoms with E-state index >= 15 is 0 Å². The molecule has 138 valence electrons. The lowest BCUT2D eigenvalue weighted by molar-refractivity contribution is -0.131. The van der Waals surface area contributed by atoms with Gasteiger partial charge in [0.1, 0.15) is 0 Å². The lowest BCUT2D eigenvalue weighted by Gasteiger charge is -2.27. The van der Waals surface area contributed by atoms with E-state index in [1.165, 1.54) is 10.4 Å². The Morgan fingerprint density at radius 3 is 3.04 bits per heavy atom. The molecule has 1 amide bonds. The normalized spacial score (nSPS) is 14.1. The predicted molar refractivity (Wildman–Crippen MR) is 108 cm³/mol. The van der Waals surface area contributed by atoms with Crippen molar-refractivity contribution in [1.29, 1.82) is 0 Å². The highest BCUT2D eigenvalue weighted by Crippen LogP contribution is 2.24. The molecule has 1 aromatic heterocycles. The zero-order valence-electron chi connectivity index (χ0n) is 14.8. The lowest BCUT2D eigenvalue weighted by atomic mass is 10.1.